The molecule has 0 radical (unpaired) electrons. The van der Waals surface area contributed by atoms with Crippen LogP contribution in [0.25, 0.3) is 11.4 Å². The zero-order valence-corrected chi connectivity index (χ0v) is 14.9. The van der Waals surface area contributed by atoms with Gasteiger partial charge >= 0.3 is 0 Å². The van der Waals surface area contributed by atoms with Crippen LogP contribution < -0.4 is 14.8 Å². The minimum atomic E-state index is -0.843. The van der Waals surface area contributed by atoms with E-state index in [4.69, 9.17) is 9.47 Å². The first kappa shape index (κ1) is 17.7. The van der Waals surface area contributed by atoms with Crippen molar-refractivity contribution in [1.29, 1.82) is 5.26 Å². The van der Waals surface area contributed by atoms with Crippen molar-refractivity contribution in [1.82, 2.24) is 25.5 Å². The van der Waals surface area contributed by atoms with Gasteiger partial charge in [0.15, 0.2) is 11.5 Å². The topological polar surface area (TPSA) is 115 Å². The molecule has 1 aromatic heterocycles. The third-order valence-corrected chi connectivity index (χ3v) is 4.40. The summed E-state index contributed by atoms with van der Waals surface area (Å²) in [4.78, 5) is 13.4. The van der Waals surface area contributed by atoms with Gasteiger partial charge in [0.2, 0.25) is 11.7 Å². The highest BCUT2D eigenvalue weighted by Crippen LogP contribution is 2.39. The molecule has 9 nitrogen and oxygen atoms in total. The summed E-state index contributed by atoms with van der Waals surface area (Å²) < 4.78 is 10.5. The summed E-state index contributed by atoms with van der Waals surface area (Å²) in [6, 6.07) is 7.45. The van der Waals surface area contributed by atoms with Crippen LogP contribution in [0.15, 0.2) is 18.2 Å². The molecule has 1 heterocycles. The number of carbonyl (C=O) groups is 1. The number of amides is 1. The van der Waals surface area contributed by atoms with Gasteiger partial charge in [0, 0.05) is 5.56 Å². The number of aromatic nitrogens is 4. The van der Waals surface area contributed by atoms with E-state index >= 15 is 0 Å². The van der Waals surface area contributed by atoms with Crippen molar-refractivity contribution < 1.29 is 14.3 Å². The Hall–Kier alpha value is -3.15. The molecule has 0 unspecified atom stereocenters. The highest BCUT2D eigenvalue weighted by atomic mass is 16.5. The second-order valence-corrected chi connectivity index (χ2v) is 6.35. The number of methoxy groups -OCH3 is 2. The van der Waals surface area contributed by atoms with E-state index in [1.807, 2.05) is 0 Å². The molecule has 1 aliphatic carbocycles. The van der Waals surface area contributed by atoms with Crippen molar-refractivity contribution in [3.63, 3.8) is 0 Å². The van der Waals surface area contributed by atoms with E-state index < -0.39 is 5.54 Å². The molecule has 26 heavy (non-hydrogen) atoms. The number of benzene rings is 1. The summed E-state index contributed by atoms with van der Waals surface area (Å²) in [7, 11) is 3.10. The van der Waals surface area contributed by atoms with Crippen LogP contribution in [-0.4, -0.2) is 45.9 Å². The maximum Gasteiger partial charge on any atom is 0.244 e. The van der Waals surface area contributed by atoms with Crippen molar-refractivity contribution in [2.24, 2.45) is 5.92 Å². The highest BCUT2D eigenvalue weighted by Gasteiger charge is 2.43. The van der Waals surface area contributed by atoms with Gasteiger partial charge in [0.05, 0.1) is 20.3 Å². The molecule has 1 aromatic carbocycles. The first-order chi connectivity index (χ1) is 12.5. The fourth-order valence-electron chi connectivity index (χ4n) is 2.74. The number of tetrazole rings is 1. The van der Waals surface area contributed by atoms with Crippen LogP contribution in [0.1, 0.15) is 19.8 Å². The number of hydrogen-bond acceptors (Lipinski definition) is 7. The molecule has 1 amide bonds. The number of ether oxygens (including phenoxy) is 2. The van der Waals surface area contributed by atoms with Crippen molar-refractivity contribution in [2.75, 3.05) is 14.2 Å². The fraction of sp³-hybridized carbons (Fsp3) is 0.471. The van der Waals surface area contributed by atoms with Crippen LogP contribution >= 0.6 is 0 Å². The fourth-order valence-corrected chi connectivity index (χ4v) is 2.74. The Morgan fingerprint density at radius 1 is 1.38 bits per heavy atom. The average Bonchev–Trinajstić information content (AvgIpc) is 3.41. The lowest BCUT2D eigenvalue weighted by Gasteiger charge is -2.22. The lowest BCUT2D eigenvalue weighted by Crippen LogP contribution is -2.48. The van der Waals surface area contributed by atoms with Crippen molar-refractivity contribution in [2.45, 2.75) is 31.8 Å². The third-order valence-electron chi connectivity index (χ3n) is 4.40. The van der Waals surface area contributed by atoms with Gasteiger partial charge in [-0.2, -0.15) is 10.1 Å². The van der Waals surface area contributed by atoms with Crippen molar-refractivity contribution >= 4 is 5.91 Å². The van der Waals surface area contributed by atoms with E-state index in [1.54, 1.807) is 39.3 Å². The Balaban J connectivity index is 1.70. The summed E-state index contributed by atoms with van der Waals surface area (Å²) in [5.41, 5.74) is -0.154. The summed E-state index contributed by atoms with van der Waals surface area (Å²) in [6.07, 6.45) is 1.91. The number of rotatable bonds is 7. The molecule has 2 aromatic rings. The monoisotopic (exact) mass is 356 g/mol. The maximum absolute atomic E-state index is 12.2. The van der Waals surface area contributed by atoms with Crippen LogP contribution in [0.2, 0.25) is 0 Å². The molecule has 1 fully saturated rings. The van der Waals surface area contributed by atoms with Crippen LogP contribution in [-0.2, 0) is 11.3 Å². The quantitative estimate of drug-likeness (QED) is 0.791. The molecular weight excluding hydrogens is 336 g/mol. The summed E-state index contributed by atoms with van der Waals surface area (Å²) in [5.74, 6) is 1.40. The highest BCUT2D eigenvalue weighted by molar-refractivity contribution is 5.77. The molecule has 0 spiro atoms. The summed E-state index contributed by atoms with van der Waals surface area (Å²) in [5, 5.41) is 24.2. The summed E-state index contributed by atoms with van der Waals surface area (Å²) in [6.45, 7) is 1.64. The van der Waals surface area contributed by atoms with Gasteiger partial charge in [-0.05, 0) is 49.1 Å². The number of nitrogens with zero attached hydrogens (tertiary/aromatic N) is 5. The van der Waals surface area contributed by atoms with Gasteiger partial charge in [-0.25, -0.2) is 0 Å². The van der Waals surface area contributed by atoms with E-state index in [9.17, 15) is 10.1 Å². The maximum atomic E-state index is 12.2. The predicted molar refractivity (Wildman–Crippen MR) is 91.2 cm³/mol. The molecule has 0 bridgehead atoms. The van der Waals surface area contributed by atoms with E-state index in [-0.39, 0.29) is 18.4 Å². The molecule has 1 saturated carbocycles. The van der Waals surface area contributed by atoms with Crippen LogP contribution in [0, 0.1) is 17.2 Å². The molecule has 3 rings (SSSR count). The lowest BCUT2D eigenvalue weighted by molar-refractivity contribution is -0.123. The average molecular weight is 356 g/mol. The third kappa shape index (κ3) is 3.59. The lowest BCUT2D eigenvalue weighted by atomic mass is 9.98. The molecular formula is C17H20N6O3. The Morgan fingerprint density at radius 3 is 2.73 bits per heavy atom. The largest absolute Gasteiger partial charge is 0.493 e. The van der Waals surface area contributed by atoms with Gasteiger partial charge in [-0.3, -0.25) is 4.79 Å². The second kappa shape index (κ2) is 7.00. The smallest absolute Gasteiger partial charge is 0.244 e. The van der Waals surface area contributed by atoms with E-state index in [1.165, 1.54) is 4.80 Å². The minimum Gasteiger partial charge on any atom is -0.493 e. The molecule has 136 valence electrons. The number of carbonyl (C=O) groups excluding carboxylic acids is 1. The standard InChI is InChI=1S/C17H20N6O3/c1-17(10-18,12-5-6-12)19-15(24)9-23-21-16(20-22-23)11-4-7-13(25-2)14(8-11)26-3/h4,7-8,12H,5-6,9H2,1-3H3,(H,19,24)/t17-/m1/s1. The number of nitrogens with one attached hydrogen (secondary N) is 1. The van der Waals surface area contributed by atoms with Crippen LogP contribution in [0.5, 0.6) is 11.5 Å². The SMILES string of the molecule is COc1ccc(-c2nnn(CC(=O)N[C@](C)(C#N)C3CC3)n2)cc1OC. The van der Waals surface area contributed by atoms with E-state index in [2.05, 4.69) is 26.8 Å². The zero-order chi connectivity index (χ0) is 18.7. The normalized spacial score (nSPS) is 15.6. The molecule has 9 heteroatoms. The van der Waals surface area contributed by atoms with E-state index in [0.29, 0.717) is 22.9 Å². The number of nitriles is 1. The zero-order valence-electron chi connectivity index (χ0n) is 14.9. The molecule has 0 aliphatic heterocycles. The summed E-state index contributed by atoms with van der Waals surface area (Å²) >= 11 is 0. The predicted octanol–water partition coefficient (Wildman–Crippen LogP) is 1.17. The van der Waals surface area contributed by atoms with Gasteiger partial charge in [-0.1, -0.05) is 0 Å². The Kier molecular flexibility index (Phi) is 4.75. The Labute approximate surface area is 150 Å². The molecule has 1 atom stereocenters. The van der Waals surface area contributed by atoms with Crippen molar-refractivity contribution in [3.8, 4) is 29.0 Å². The molecule has 0 saturated heterocycles. The van der Waals surface area contributed by atoms with E-state index in [0.717, 1.165) is 12.8 Å². The van der Waals surface area contributed by atoms with Gasteiger partial charge in [0.25, 0.3) is 0 Å². The van der Waals surface area contributed by atoms with Gasteiger partial charge < -0.3 is 14.8 Å². The Morgan fingerprint density at radius 2 is 2.12 bits per heavy atom. The second-order valence-electron chi connectivity index (χ2n) is 6.35. The van der Waals surface area contributed by atoms with Crippen LogP contribution in [0.3, 0.4) is 0 Å². The van der Waals surface area contributed by atoms with Crippen LogP contribution in [0.4, 0.5) is 0 Å². The number of hydrogen-bond donors (Lipinski definition) is 1. The van der Waals surface area contributed by atoms with Gasteiger partial charge in [-0.15, -0.1) is 10.2 Å². The van der Waals surface area contributed by atoms with Gasteiger partial charge in [0.1, 0.15) is 12.1 Å². The molecule has 1 N–H and O–H groups in total. The molecule has 1 aliphatic rings. The Bertz CT molecular complexity index is 854. The van der Waals surface area contributed by atoms with Crippen molar-refractivity contribution in [3.05, 3.63) is 18.2 Å². The minimum absolute atomic E-state index is 0.107. The first-order valence-corrected chi connectivity index (χ1v) is 8.21. The first-order valence-electron chi connectivity index (χ1n) is 8.21.